The number of rotatable bonds is 11. The highest BCUT2D eigenvalue weighted by Crippen LogP contribution is 2.29. The molecular weight excluding hydrogens is 472 g/mol. The van der Waals surface area contributed by atoms with Crippen LogP contribution in [0.4, 0.5) is 0 Å². The van der Waals surface area contributed by atoms with Crippen molar-refractivity contribution in [3.8, 4) is 0 Å². The van der Waals surface area contributed by atoms with Gasteiger partial charge in [-0.25, -0.2) is 0 Å². The van der Waals surface area contributed by atoms with Crippen LogP contribution in [-0.4, -0.2) is 168 Å². The molecule has 14 atom stereocenters. The van der Waals surface area contributed by atoms with Crippen LogP contribution >= 0.6 is 0 Å². The summed E-state index contributed by atoms with van der Waals surface area (Å²) in [4.78, 5) is 10.5. The summed E-state index contributed by atoms with van der Waals surface area (Å²) >= 11 is 0. The van der Waals surface area contributed by atoms with Crippen LogP contribution in [0.3, 0.4) is 0 Å². The summed E-state index contributed by atoms with van der Waals surface area (Å²) in [5.41, 5.74) is 0. The van der Waals surface area contributed by atoms with E-state index in [4.69, 9.17) is 18.9 Å². The van der Waals surface area contributed by atoms with E-state index in [1.165, 1.54) is 0 Å². The van der Waals surface area contributed by atoms with Crippen molar-refractivity contribution in [3.63, 3.8) is 0 Å². The predicted octanol–water partition coefficient (Wildman–Crippen LogP) is -7.73. The highest BCUT2D eigenvalue weighted by Gasteiger charge is 2.51. The molecule has 0 aromatic rings. The first-order valence-corrected chi connectivity index (χ1v) is 10.4. The smallest absolute Gasteiger partial charge is 0.187 e. The number of aliphatic hydroxyl groups excluding tert-OH is 11. The number of hydrogen-bond acceptors (Lipinski definition) is 16. The Balaban J connectivity index is 2.08. The largest absolute Gasteiger partial charge is 0.394 e. The van der Waals surface area contributed by atoms with Crippen LogP contribution in [0.25, 0.3) is 0 Å². The molecule has 2 saturated heterocycles. The molecule has 16 heteroatoms. The lowest BCUT2D eigenvalue weighted by Crippen LogP contribution is -2.65. The first-order chi connectivity index (χ1) is 16.0. The number of aldehydes is 1. The SMILES string of the molecule is O=C[C@H](O)[C@@H](O)[C@H](O)[C@H](O)COC1O[C@H](CO)[C@@H](O)[C@H](OC2O[C@H](CO)[C@@H](O)[C@H](O)[C@H]2O)[C@H]1O. The first kappa shape index (κ1) is 29.3. The van der Waals surface area contributed by atoms with Crippen molar-refractivity contribution in [2.45, 2.75) is 85.8 Å². The van der Waals surface area contributed by atoms with E-state index in [0.717, 1.165) is 0 Å². The molecule has 0 spiro atoms. The number of carbonyl (C=O) groups excluding carboxylic acids is 1. The maximum Gasteiger partial charge on any atom is 0.187 e. The maximum absolute atomic E-state index is 10.6. The lowest BCUT2D eigenvalue weighted by atomic mass is 9.97. The van der Waals surface area contributed by atoms with Gasteiger partial charge in [0, 0.05) is 0 Å². The van der Waals surface area contributed by atoms with Gasteiger partial charge < -0.3 is 79.9 Å². The third kappa shape index (κ3) is 6.44. The molecular formula is C18H32O16. The van der Waals surface area contributed by atoms with Crippen LogP contribution in [0.2, 0.25) is 0 Å². The second-order valence-electron chi connectivity index (χ2n) is 8.01. The van der Waals surface area contributed by atoms with Crippen LogP contribution < -0.4 is 0 Å². The van der Waals surface area contributed by atoms with Gasteiger partial charge in [0.1, 0.15) is 73.2 Å². The maximum atomic E-state index is 10.6. The van der Waals surface area contributed by atoms with Gasteiger partial charge in [0.25, 0.3) is 0 Å². The molecule has 0 amide bonds. The molecule has 200 valence electrons. The molecule has 0 aromatic carbocycles. The fraction of sp³-hybridized carbons (Fsp3) is 0.944. The second-order valence-corrected chi connectivity index (χ2v) is 8.01. The summed E-state index contributed by atoms with van der Waals surface area (Å²) in [5.74, 6) is 0. The highest BCUT2D eigenvalue weighted by molar-refractivity contribution is 5.56. The molecule has 2 fully saturated rings. The van der Waals surface area contributed by atoms with Crippen LogP contribution in [0.1, 0.15) is 0 Å². The minimum atomic E-state index is -2.05. The van der Waals surface area contributed by atoms with Crippen LogP contribution in [0.15, 0.2) is 0 Å². The topological polar surface area (TPSA) is 277 Å². The third-order valence-corrected chi connectivity index (χ3v) is 5.63. The number of hydrogen-bond donors (Lipinski definition) is 11. The predicted molar refractivity (Wildman–Crippen MR) is 102 cm³/mol. The van der Waals surface area contributed by atoms with Crippen molar-refractivity contribution in [1.82, 2.24) is 0 Å². The highest BCUT2D eigenvalue weighted by atomic mass is 16.7. The number of aliphatic hydroxyl groups is 11. The van der Waals surface area contributed by atoms with Gasteiger partial charge in [0.05, 0.1) is 19.8 Å². The van der Waals surface area contributed by atoms with Crippen LogP contribution in [-0.2, 0) is 23.7 Å². The van der Waals surface area contributed by atoms with E-state index in [0.29, 0.717) is 0 Å². The lowest BCUT2D eigenvalue weighted by molar-refractivity contribution is -0.361. The molecule has 0 aliphatic carbocycles. The molecule has 16 nitrogen and oxygen atoms in total. The zero-order valence-electron chi connectivity index (χ0n) is 17.7. The Morgan fingerprint density at radius 2 is 1.29 bits per heavy atom. The Labute approximate surface area is 192 Å². The molecule has 0 radical (unpaired) electrons. The van der Waals surface area contributed by atoms with E-state index in [1.54, 1.807) is 0 Å². The molecule has 2 rings (SSSR count). The average molecular weight is 504 g/mol. The average Bonchev–Trinajstić information content (AvgIpc) is 2.84. The summed E-state index contributed by atoms with van der Waals surface area (Å²) in [6.45, 7) is -2.40. The summed E-state index contributed by atoms with van der Waals surface area (Å²) in [7, 11) is 0. The monoisotopic (exact) mass is 504 g/mol. The van der Waals surface area contributed by atoms with Crippen molar-refractivity contribution < 1.29 is 79.9 Å². The first-order valence-electron chi connectivity index (χ1n) is 10.4. The van der Waals surface area contributed by atoms with Crippen molar-refractivity contribution in [2.75, 3.05) is 19.8 Å². The second kappa shape index (κ2) is 12.9. The number of ether oxygens (including phenoxy) is 4. The Hall–Kier alpha value is -0.930. The van der Waals surface area contributed by atoms with Gasteiger partial charge >= 0.3 is 0 Å². The fourth-order valence-corrected chi connectivity index (χ4v) is 3.49. The van der Waals surface area contributed by atoms with E-state index in [-0.39, 0.29) is 6.29 Å². The zero-order valence-corrected chi connectivity index (χ0v) is 17.7. The molecule has 2 aliphatic heterocycles. The molecule has 0 bridgehead atoms. The Kier molecular flexibility index (Phi) is 11.1. The van der Waals surface area contributed by atoms with E-state index >= 15 is 0 Å². The van der Waals surface area contributed by atoms with Crippen molar-refractivity contribution >= 4 is 6.29 Å². The Bertz CT molecular complexity index is 623. The lowest BCUT2D eigenvalue weighted by Gasteiger charge is -2.46. The third-order valence-electron chi connectivity index (χ3n) is 5.63. The van der Waals surface area contributed by atoms with Gasteiger partial charge in [-0.05, 0) is 0 Å². The molecule has 0 aromatic heterocycles. The summed E-state index contributed by atoms with van der Waals surface area (Å²) < 4.78 is 20.9. The van der Waals surface area contributed by atoms with Crippen molar-refractivity contribution in [3.05, 3.63) is 0 Å². The summed E-state index contributed by atoms with van der Waals surface area (Å²) in [5, 5.41) is 108. The fourth-order valence-electron chi connectivity index (χ4n) is 3.49. The van der Waals surface area contributed by atoms with Gasteiger partial charge in [0.15, 0.2) is 18.9 Å². The van der Waals surface area contributed by atoms with E-state index in [2.05, 4.69) is 0 Å². The minimum absolute atomic E-state index is 0.0658. The molecule has 0 saturated carbocycles. The van der Waals surface area contributed by atoms with E-state index in [9.17, 15) is 61.0 Å². The van der Waals surface area contributed by atoms with Gasteiger partial charge in [-0.2, -0.15) is 0 Å². The molecule has 2 aliphatic rings. The summed E-state index contributed by atoms with van der Waals surface area (Å²) in [6.07, 6.45) is -24.9. The van der Waals surface area contributed by atoms with Crippen molar-refractivity contribution in [2.24, 2.45) is 0 Å². The van der Waals surface area contributed by atoms with Gasteiger partial charge in [0.2, 0.25) is 0 Å². The van der Waals surface area contributed by atoms with Gasteiger partial charge in [-0.15, -0.1) is 0 Å². The van der Waals surface area contributed by atoms with Crippen LogP contribution in [0.5, 0.6) is 0 Å². The molecule has 2 heterocycles. The Morgan fingerprint density at radius 3 is 1.85 bits per heavy atom. The number of carbonyl (C=O) groups is 1. The zero-order chi connectivity index (χ0) is 25.7. The summed E-state index contributed by atoms with van der Waals surface area (Å²) in [6, 6.07) is 0. The quantitative estimate of drug-likeness (QED) is 0.117. The van der Waals surface area contributed by atoms with Crippen LogP contribution in [0, 0.1) is 0 Å². The van der Waals surface area contributed by atoms with Crippen molar-refractivity contribution in [1.29, 1.82) is 0 Å². The molecule has 2 unspecified atom stereocenters. The Morgan fingerprint density at radius 1 is 0.735 bits per heavy atom. The normalized spacial score (nSPS) is 42.6. The van der Waals surface area contributed by atoms with E-state index in [1.807, 2.05) is 0 Å². The molecule has 11 N–H and O–H groups in total. The minimum Gasteiger partial charge on any atom is -0.394 e. The standard InChI is InChI=1S/C18H32O16/c19-1-5(22)9(24)10(25)6(23)4-31-17-15(30)16(12(27)8(3-21)32-17)34-18-14(29)13(28)11(26)7(2-20)33-18/h1,5-18,20-30H,2-4H2/t5-,6+,7+,8+,9+,10+,11+,12+,13-,14+,15+,16-,17?,18?/m0/s1. The van der Waals surface area contributed by atoms with E-state index < -0.39 is 106 Å². The van der Waals surface area contributed by atoms with Gasteiger partial charge in [-0.1, -0.05) is 0 Å². The van der Waals surface area contributed by atoms with Gasteiger partial charge in [-0.3, -0.25) is 0 Å². The molecule has 34 heavy (non-hydrogen) atoms.